The number of carbonyl (C=O) groups is 1. The van der Waals surface area contributed by atoms with Crippen LogP contribution in [0.25, 0.3) is 0 Å². The predicted octanol–water partition coefficient (Wildman–Crippen LogP) is 3.47. The summed E-state index contributed by atoms with van der Waals surface area (Å²) in [6.45, 7) is 6.15. The van der Waals surface area contributed by atoms with Crippen molar-refractivity contribution in [1.29, 1.82) is 0 Å². The van der Waals surface area contributed by atoms with Gasteiger partial charge in [0, 0.05) is 24.0 Å². The van der Waals surface area contributed by atoms with Crippen LogP contribution in [0.15, 0.2) is 36.4 Å². The lowest BCUT2D eigenvalue weighted by atomic mass is 10.0. The minimum Gasteiger partial charge on any atom is -0.399 e. The lowest BCUT2D eigenvalue weighted by molar-refractivity contribution is 0.0993. The lowest BCUT2D eigenvalue weighted by Crippen LogP contribution is -2.27. The van der Waals surface area contributed by atoms with Gasteiger partial charge in [0.05, 0.1) is 0 Å². The quantitative estimate of drug-likeness (QED) is 0.848. The van der Waals surface area contributed by atoms with Crippen molar-refractivity contribution >= 4 is 17.3 Å². The molecule has 104 valence electrons. The first-order chi connectivity index (χ1) is 9.40. The molecule has 1 amide bonds. The number of benzene rings is 2. The van der Waals surface area contributed by atoms with Crippen LogP contribution >= 0.6 is 0 Å². The van der Waals surface area contributed by atoms with Crippen molar-refractivity contribution in [3.05, 3.63) is 58.7 Å². The summed E-state index contributed by atoms with van der Waals surface area (Å²) in [5.74, 6) is -0.0522. The highest BCUT2D eigenvalue weighted by molar-refractivity contribution is 6.06. The molecular weight excluding hydrogens is 248 g/mol. The highest BCUT2D eigenvalue weighted by Crippen LogP contribution is 2.24. The van der Waals surface area contributed by atoms with E-state index < -0.39 is 0 Å². The summed E-state index contributed by atoms with van der Waals surface area (Å²) in [5, 5.41) is 0. The van der Waals surface area contributed by atoms with Crippen LogP contribution < -0.4 is 10.6 Å². The van der Waals surface area contributed by atoms with Crippen LogP contribution in [0.5, 0.6) is 0 Å². The number of carbonyl (C=O) groups excluding carboxylic acids is 1. The predicted molar refractivity (Wildman–Crippen MR) is 84.2 cm³/mol. The number of amides is 1. The number of aryl methyl sites for hydroxylation is 3. The molecule has 2 aromatic carbocycles. The Balaban J connectivity index is 2.39. The third-order valence-electron chi connectivity index (χ3n) is 3.61. The summed E-state index contributed by atoms with van der Waals surface area (Å²) in [6.07, 6.45) is 0. The summed E-state index contributed by atoms with van der Waals surface area (Å²) >= 11 is 0. The summed E-state index contributed by atoms with van der Waals surface area (Å²) in [7, 11) is 1.79. The maximum absolute atomic E-state index is 12.5. The molecule has 0 unspecified atom stereocenters. The molecule has 0 heterocycles. The van der Waals surface area contributed by atoms with E-state index in [0.717, 1.165) is 11.3 Å². The fourth-order valence-electron chi connectivity index (χ4n) is 2.28. The second kappa shape index (κ2) is 5.37. The molecule has 0 aliphatic carbocycles. The van der Waals surface area contributed by atoms with Gasteiger partial charge in [-0.1, -0.05) is 12.1 Å². The molecule has 0 saturated heterocycles. The number of hydrogen-bond donors (Lipinski definition) is 1. The molecule has 2 rings (SSSR count). The van der Waals surface area contributed by atoms with Crippen LogP contribution in [-0.4, -0.2) is 13.0 Å². The number of hydrogen-bond acceptors (Lipinski definition) is 2. The number of nitrogens with two attached hydrogens (primary N) is 1. The van der Waals surface area contributed by atoms with Gasteiger partial charge in [-0.15, -0.1) is 0 Å². The summed E-state index contributed by atoms with van der Waals surface area (Å²) in [5.41, 5.74) is 11.4. The van der Waals surface area contributed by atoms with Gasteiger partial charge in [-0.25, -0.2) is 0 Å². The maximum atomic E-state index is 12.5. The molecule has 2 aromatic rings. The van der Waals surface area contributed by atoms with Crippen LogP contribution in [0.3, 0.4) is 0 Å². The van der Waals surface area contributed by atoms with Gasteiger partial charge in [-0.2, -0.15) is 0 Å². The van der Waals surface area contributed by atoms with Crippen molar-refractivity contribution in [2.75, 3.05) is 17.7 Å². The van der Waals surface area contributed by atoms with E-state index in [0.29, 0.717) is 11.3 Å². The van der Waals surface area contributed by atoms with Crippen molar-refractivity contribution < 1.29 is 4.79 Å². The largest absolute Gasteiger partial charge is 0.399 e. The Hall–Kier alpha value is -2.29. The van der Waals surface area contributed by atoms with Gasteiger partial charge in [0.15, 0.2) is 0 Å². The lowest BCUT2D eigenvalue weighted by Gasteiger charge is -2.21. The van der Waals surface area contributed by atoms with E-state index in [-0.39, 0.29) is 5.91 Å². The van der Waals surface area contributed by atoms with Gasteiger partial charge in [0.25, 0.3) is 5.91 Å². The highest BCUT2D eigenvalue weighted by Gasteiger charge is 2.16. The van der Waals surface area contributed by atoms with Gasteiger partial charge >= 0.3 is 0 Å². The van der Waals surface area contributed by atoms with Crippen molar-refractivity contribution in [2.45, 2.75) is 20.8 Å². The maximum Gasteiger partial charge on any atom is 0.258 e. The first-order valence-electron chi connectivity index (χ1n) is 6.61. The van der Waals surface area contributed by atoms with Gasteiger partial charge < -0.3 is 10.6 Å². The molecule has 0 atom stereocenters. The molecule has 20 heavy (non-hydrogen) atoms. The average molecular weight is 268 g/mol. The van der Waals surface area contributed by atoms with Gasteiger partial charge in [0.2, 0.25) is 0 Å². The molecule has 0 aromatic heterocycles. The normalized spacial score (nSPS) is 10.4. The summed E-state index contributed by atoms with van der Waals surface area (Å²) in [4.78, 5) is 14.2. The molecule has 0 bridgehead atoms. The van der Waals surface area contributed by atoms with Crippen LogP contribution in [0.4, 0.5) is 11.4 Å². The molecule has 0 aliphatic rings. The van der Waals surface area contributed by atoms with Crippen molar-refractivity contribution in [1.82, 2.24) is 0 Å². The van der Waals surface area contributed by atoms with E-state index in [2.05, 4.69) is 26.0 Å². The van der Waals surface area contributed by atoms with E-state index in [4.69, 9.17) is 5.73 Å². The second-order valence-electron chi connectivity index (χ2n) is 5.21. The third-order valence-corrected chi connectivity index (χ3v) is 3.61. The zero-order valence-corrected chi connectivity index (χ0v) is 12.4. The first-order valence-corrected chi connectivity index (χ1v) is 6.61. The molecule has 0 radical (unpaired) electrons. The van der Waals surface area contributed by atoms with Crippen molar-refractivity contribution in [3.63, 3.8) is 0 Å². The summed E-state index contributed by atoms with van der Waals surface area (Å²) < 4.78 is 0. The highest BCUT2D eigenvalue weighted by atomic mass is 16.2. The van der Waals surface area contributed by atoms with Crippen LogP contribution in [0.2, 0.25) is 0 Å². The first kappa shape index (κ1) is 14.1. The standard InChI is InChI=1S/C17H20N2O/c1-11-8-13(3)16(9-12(11)2)19(4)17(20)14-6-5-7-15(18)10-14/h5-10H,18H2,1-4H3. The van der Waals surface area contributed by atoms with Crippen LogP contribution in [0, 0.1) is 20.8 Å². The molecule has 0 fully saturated rings. The number of nitrogen functional groups attached to an aromatic ring is 1. The Morgan fingerprint density at radius 2 is 1.65 bits per heavy atom. The zero-order chi connectivity index (χ0) is 14.9. The molecule has 0 saturated carbocycles. The van der Waals surface area contributed by atoms with Gasteiger partial charge in [-0.05, 0) is 61.7 Å². The van der Waals surface area contributed by atoms with Crippen molar-refractivity contribution in [2.24, 2.45) is 0 Å². The molecule has 2 N–H and O–H groups in total. The average Bonchev–Trinajstić information content (AvgIpc) is 2.41. The van der Waals surface area contributed by atoms with E-state index >= 15 is 0 Å². The SMILES string of the molecule is Cc1cc(C)c(N(C)C(=O)c2cccc(N)c2)cc1C. The van der Waals surface area contributed by atoms with Crippen molar-refractivity contribution in [3.8, 4) is 0 Å². The van der Waals surface area contributed by atoms with E-state index in [1.165, 1.54) is 11.1 Å². The minimum absolute atomic E-state index is 0.0522. The molecule has 0 spiro atoms. The smallest absolute Gasteiger partial charge is 0.258 e. The second-order valence-corrected chi connectivity index (χ2v) is 5.21. The molecular formula is C17H20N2O. The fraction of sp³-hybridized carbons (Fsp3) is 0.235. The van der Waals surface area contributed by atoms with Crippen LogP contribution in [-0.2, 0) is 0 Å². The van der Waals surface area contributed by atoms with Gasteiger partial charge in [-0.3, -0.25) is 4.79 Å². The number of nitrogens with zero attached hydrogens (tertiary/aromatic N) is 1. The van der Waals surface area contributed by atoms with Crippen LogP contribution in [0.1, 0.15) is 27.0 Å². The topological polar surface area (TPSA) is 46.3 Å². The number of rotatable bonds is 2. The molecule has 0 aliphatic heterocycles. The third kappa shape index (κ3) is 2.67. The fourth-order valence-corrected chi connectivity index (χ4v) is 2.28. The Morgan fingerprint density at radius 1 is 1.00 bits per heavy atom. The minimum atomic E-state index is -0.0522. The van der Waals surface area contributed by atoms with Gasteiger partial charge in [0.1, 0.15) is 0 Å². The monoisotopic (exact) mass is 268 g/mol. The summed E-state index contributed by atoms with van der Waals surface area (Å²) in [6, 6.07) is 11.2. The Bertz CT molecular complexity index is 662. The number of anilines is 2. The van der Waals surface area contributed by atoms with E-state index in [1.807, 2.05) is 6.92 Å². The van der Waals surface area contributed by atoms with E-state index in [1.54, 1.807) is 36.2 Å². The Kier molecular flexibility index (Phi) is 3.79. The van der Waals surface area contributed by atoms with E-state index in [9.17, 15) is 4.79 Å². The molecule has 3 heteroatoms. The Morgan fingerprint density at radius 3 is 2.30 bits per heavy atom. The zero-order valence-electron chi connectivity index (χ0n) is 12.4. The Labute approximate surface area is 120 Å². The molecule has 3 nitrogen and oxygen atoms in total.